The molecule has 20 heavy (non-hydrogen) atoms. The number of nitrogens with zero attached hydrogens (tertiary/aromatic N) is 1. The first-order chi connectivity index (χ1) is 9.54. The smallest absolute Gasteiger partial charge is 0.328 e. The van der Waals surface area contributed by atoms with Crippen LogP contribution in [0.15, 0.2) is 18.2 Å². The fourth-order valence-corrected chi connectivity index (χ4v) is 2.34. The molecule has 1 unspecified atom stereocenters. The number of esters is 1. The van der Waals surface area contributed by atoms with Gasteiger partial charge in [0.1, 0.15) is 11.9 Å². The molecule has 0 aliphatic carbocycles. The number of nitrogen functional groups attached to an aromatic ring is 1. The Morgan fingerprint density at radius 1 is 1.50 bits per heavy atom. The number of hydrogen-bond acceptors (Lipinski definition) is 4. The predicted octanol–water partition coefficient (Wildman–Crippen LogP) is 1.58. The molecule has 0 bridgehead atoms. The Labute approximate surface area is 116 Å². The number of rotatable bonds is 3. The topological polar surface area (TPSA) is 72.6 Å². The standard InChI is InChI=1S/C14H17FN2O3/c1-2-20-14(19)12-4-3-7-17(12)13(18)9-5-6-10(15)11(16)8-9/h5-6,8,12H,2-4,7,16H2,1H3. The normalized spacial score (nSPS) is 18.1. The molecule has 0 radical (unpaired) electrons. The summed E-state index contributed by atoms with van der Waals surface area (Å²) in [6, 6.07) is 3.25. The van der Waals surface area contributed by atoms with Gasteiger partial charge in [-0.05, 0) is 38.0 Å². The average Bonchev–Trinajstić information content (AvgIpc) is 2.90. The molecule has 1 aliphatic heterocycles. The Balaban J connectivity index is 2.18. The zero-order valence-corrected chi connectivity index (χ0v) is 11.3. The van der Waals surface area contributed by atoms with Gasteiger partial charge in [-0.2, -0.15) is 0 Å². The highest BCUT2D eigenvalue weighted by atomic mass is 19.1. The summed E-state index contributed by atoms with van der Waals surface area (Å²) in [7, 11) is 0. The minimum atomic E-state index is -0.565. The van der Waals surface area contributed by atoms with Gasteiger partial charge in [0.2, 0.25) is 0 Å². The largest absolute Gasteiger partial charge is 0.464 e. The van der Waals surface area contributed by atoms with Crippen LogP contribution in [0.3, 0.4) is 0 Å². The Morgan fingerprint density at radius 3 is 2.90 bits per heavy atom. The van der Waals surface area contributed by atoms with Crippen LogP contribution in [0.5, 0.6) is 0 Å². The van der Waals surface area contributed by atoms with E-state index in [0.29, 0.717) is 13.0 Å². The summed E-state index contributed by atoms with van der Waals surface area (Å²) < 4.78 is 18.1. The number of halogens is 1. The van der Waals surface area contributed by atoms with E-state index in [2.05, 4.69) is 0 Å². The second kappa shape index (κ2) is 5.90. The first-order valence-electron chi connectivity index (χ1n) is 6.57. The van der Waals surface area contributed by atoms with Crippen molar-refractivity contribution in [2.45, 2.75) is 25.8 Å². The Bertz CT molecular complexity index is 533. The molecule has 1 atom stereocenters. The fraction of sp³-hybridized carbons (Fsp3) is 0.429. The van der Waals surface area contributed by atoms with Crippen LogP contribution < -0.4 is 5.73 Å². The van der Waals surface area contributed by atoms with Gasteiger partial charge in [0.25, 0.3) is 5.91 Å². The number of anilines is 1. The van der Waals surface area contributed by atoms with Gasteiger partial charge in [-0.3, -0.25) is 4.79 Å². The van der Waals surface area contributed by atoms with E-state index in [1.54, 1.807) is 6.92 Å². The fourth-order valence-electron chi connectivity index (χ4n) is 2.34. The minimum Gasteiger partial charge on any atom is -0.464 e. The van der Waals surface area contributed by atoms with Crippen molar-refractivity contribution < 1.29 is 18.7 Å². The van der Waals surface area contributed by atoms with Crippen LogP contribution in [-0.4, -0.2) is 36.0 Å². The summed E-state index contributed by atoms with van der Waals surface area (Å²) >= 11 is 0. The molecule has 1 aliphatic rings. The Morgan fingerprint density at radius 2 is 2.25 bits per heavy atom. The van der Waals surface area contributed by atoms with E-state index in [9.17, 15) is 14.0 Å². The van der Waals surface area contributed by atoms with E-state index >= 15 is 0 Å². The molecule has 2 rings (SSSR count). The van der Waals surface area contributed by atoms with E-state index < -0.39 is 17.8 Å². The third kappa shape index (κ3) is 2.74. The van der Waals surface area contributed by atoms with Crippen LogP contribution in [0.4, 0.5) is 10.1 Å². The summed E-state index contributed by atoms with van der Waals surface area (Å²) in [4.78, 5) is 25.6. The van der Waals surface area contributed by atoms with Gasteiger partial charge >= 0.3 is 5.97 Å². The van der Waals surface area contributed by atoms with E-state index in [-0.39, 0.29) is 23.8 Å². The van der Waals surface area contributed by atoms with E-state index in [4.69, 9.17) is 10.5 Å². The molecule has 6 heteroatoms. The molecule has 1 fully saturated rings. The number of carbonyl (C=O) groups is 2. The van der Waals surface area contributed by atoms with E-state index in [1.807, 2.05) is 0 Å². The summed E-state index contributed by atoms with van der Waals surface area (Å²) in [5, 5.41) is 0. The number of hydrogen-bond donors (Lipinski definition) is 1. The zero-order chi connectivity index (χ0) is 14.7. The van der Waals surface area contributed by atoms with Crippen LogP contribution >= 0.6 is 0 Å². The molecule has 1 aromatic carbocycles. The number of nitrogens with two attached hydrogens (primary N) is 1. The monoisotopic (exact) mass is 280 g/mol. The zero-order valence-electron chi connectivity index (χ0n) is 11.3. The average molecular weight is 280 g/mol. The third-order valence-corrected chi connectivity index (χ3v) is 3.32. The van der Waals surface area contributed by atoms with Crippen molar-refractivity contribution in [2.24, 2.45) is 0 Å². The summed E-state index contributed by atoms with van der Waals surface area (Å²) in [5.74, 6) is -1.29. The second-order valence-corrected chi connectivity index (χ2v) is 4.64. The van der Waals surface area contributed by atoms with Crippen molar-refractivity contribution in [2.75, 3.05) is 18.9 Å². The number of ether oxygens (including phenoxy) is 1. The van der Waals surface area contributed by atoms with Gasteiger partial charge in [-0.15, -0.1) is 0 Å². The van der Waals surface area contributed by atoms with Crippen molar-refractivity contribution in [3.63, 3.8) is 0 Å². The van der Waals surface area contributed by atoms with Crippen LogP contribution in [0.1, 0.15) is 30.1 Å². The number of benzene rings is 1. The number of amides is 1. The van der Waals surface area contributed by atoms with E-state index in [0.717, 1.165) is 12.5 Å². The van der Waals surface area contributed by atoms with Crippen molar-refractivity contribution in [1.29, 1.82) is 0 Å². The summed E-state index contributed by atoms with van der Waals surface area (Å²) in [6.45, 7) is 2.49. The van der Waals surface area contributed by atoms with Gasteiger partial charge in [0.15, 0.2) is 0 Å². The maximum atomic E-state index is 13.1. The van der Waals surface area contributed by atoms with Crippen molar-refractivity contribution in [3.8, 4) is 0 Å². The van der Waals surface area contributed by atoms with Gasteiger partial charge in [-0.25, -0.2) is 9.18 Å². The minimum absolute atomic E-state index is 0.0808. The quantitative estimate of drug-likeness (QED) is 0.674. The van der Waals surface area contributed by atoms with Gasteiger partial charge in [0, 0.05) is 12.1 Å². The maximum absolute atomic E-state index is 13.1. The molecular formula is C14H17FN2O3. The van der Waals surface area contributed by atoms with Gasteiger partial charge in [0.05, 0.1) is 12.3 Å². The highest BCUT2D eigenvalue weighted by Gasteiger charge is 2.35. The lowest BCUT2D eigenvalue weighted by Crippen LogP contribution is -2.41. The SMILES string of the molecule is CCOC(=O)C1CCCN1C(=O)c1ccc(F)c(N)c1. The van der Waals surface area contributed by atoms with Crippen molar-refractivity contribution in [1.82, 2.24) is 4.90 Å². The molecule has 5 nitrogen and oxygen atoms in total. The Kier molecular flexibility index (Phi) is 4.22. The van der Waals surface area contributed by atoms with Crippen LogP contribution in [0, 0.1) is 5.82 Å². The highest BCUT2D eigenvalue weighted by Crippen LogP contribution is 2.22. The molecule has 2 N–H and O–H groups in total. The van der Waals surface area contributed by atoms with Crippen LogP contribution in [0.25, 0.3) is 0 Å². The number of carbonyl (C=O) groups excluding carboxylic acids is 2. The van der Waals surface area contributed by atoms with Crippen LogP contribution in [0.2, 0.25) is 0 Å². The molecule has 1 saturated heterocycles. The lowest BCUT2D eigenvalue weighted by atomic mass is 10.1. The summed E-state index contributed by atoms with van der Waals surface area (Å²) in [6.07, 6.45) is 1.33. The van der Waals surface area contributed by atoms with Gasteiger partial charge in [-0.1, -0.05) is 0 Å². The molecule has 108 valence electrons. The van der Waals surface area contributed by atoms with Crippen molar-refractivity contribution >= 4 is 17.6 Å². The molecular weight excluding hydrogens is 263 g/mol. The predicted molar refractivity (Wildman–Crippen MR) is 71.5 cm³/mol. The molecule has 1 heterocycles. The van der Waals surface area contributed by atoms with E-state index in [1.165, 1.54) is 17.0 Å². The van der Waals surface area contributed by atoms with Crippen LogP contribution in [-0.2, 0) is 9.53 Å². The van der Waals surface area contributed by atoms with Crippen molar-refractivity contribution in [3.05, 3.63) is 29.6 Å². The first kappa shape index (κ1) is 14.3. The lowest BCUT2D eigenvalue weighted by molar-refractivity contribution is -0.147. The number of likely N-dealkylation sites (tertiary alicyclic amines) is 1. The third-order valence-electron chi connectivity index (χ3n) is 3.32. The molecule has 1 amide bonds. The lowest BCUT2D eigenvalue weighted by Gasteiger charge is -2.23. The Hall–Kier alpha value is -2.11. The second-order valence-electron chi connectivity index (χ2n) is 4.64. The first-order valence-corrected chi connectivity index (χ1v) is 6.57. The molecule has 0 spiro atoms. The summed E-state index contributed by atoms with van der Waals surface area (Å²) in [5.41, 5.74) is 5.66. The molecule has 0 saturated carbocycles. The van der Waals surface area contributed by atoms with Gasteiger partial charge < -0.3 is 15.4 Å². The molecule has 1 aromatic rings. The maximum Gasteiger partial charge on any atom is 0.328 e. The highest BCUT2D eigenvalue weighted by molar-refractivity contribution is 5.97. The molecule has 0 aromatic heterocycles.